The molecule has 0 saturated heterocycles. The first kappa shape index (κ1) is 19.2. The van der Waals surface area contributed by atoms with Gasteiger partial charge in [0.1, 0.15) is 11.6 Å². The molecule has 0 saturated carbocycles. The normalized spacial score (nSPS) is 11.1. The van der Waals surface area contributed by atoms with Gasteiger partial charge in [0.05, 0.1) is 0 Å². The Kier molecular flexibility index (Phi) is 5.36. The Morgan fingerprint density at radius 3 is 2.93 bits per heavy atom. The molecule has 1 amide bonds. The molecule has 0 fully saturated rings. The number of fused-ring (bicyclic) bond motifs is 1. The minimum atomic E-state index is -0.331. The summed E-state index contributed by atoms with van der Waals surface area (Å²) < 4.78 is 19.1. The summed E-state index contributed by atoms with van der Waals surface area (Å²) in [4.78, 5) is 15.5. The monoisotopic (exact) mass is 411 g/mol. The van der Waals surface area contributed by atoms with E-state index in [1.165, 1.54) is 6.07 Å². The first-order valence-electron chi connectivity index (χ1n) is 9.24. The fourth-order valence-electron chi connectivity index (χ4n) is 3.29. The zero-order valence-corrected chi connectivity index (χ0v) is 16.5. The Morgan fingerprint density at radius 2 is 2.07 bits per heavy atom. The summed E-state index contributed by atoms with van der Waals surface area (Å²) >= 11 is 6.06. The van der Waals surface area contributed by atoms with Crippen LogP contribution in [0.2, 0.25) is 5.02 Å². The number of nitrogens with one attached hydrogen (secondary N) is 2. The number of amides is 1. The lowest BCUT2D eigenvalue weighted by atomic mass is 10.1. The van der Waals surface area contributed by atoms with E-state index in [4.69, 9.17) is 16.1 Å². The van der Waals surface area contributed by atoms with Gasteiger partial charge in [0.25, 0.3) is 5.91 Å². The van der Waals surface area contributed by atoms with Crippen molar-refractivity contribution in [3.05, 3.63) is 87.6 Å². The molecule has 2 aromatic carbocycles. The van der Waals surface area contributed by atoms with Crippen LogP contribution in [0.4, 0.5) is 4.39 Å². The number of benzene rings is 2. The van der Waals surface area contributed by atoms with Crippen molar-refractivity contribution in [2.24, 2.45) is 0 Å². The molecule has 2 aromatic heterocycles. The maximum atomic E-state index is 13.9. The maximum Gasteiger partial charge on any atom is 0.273 e. The molecule has 2 heterocycles. The van der Waals surface area contributed by atoms with Crippen LogP contribution in [-0.4, -0.2) is 22.6 Å². The summed E-state index contributed by atoms with van der Waals surface area (Å²) in [6, 6.07) is 12.1. The van der Waals surface area contributed by atoms with Gasteiger partial charge in [-0.3, -0.25) is 4.79 Å². The Balaban J connectivity index is 1.36. The molecule has 7 heteroatoms. The van der Waals surface area contributed by atoms with Gasteiger partial charge in [0.15, 0.2) is 5.69 Å². The third-order valence-electron chi connectivity index (χ3n) is 4.77. The highest BCUT2D eigenvalue weighted by molar-refractivity contribution is 6.31. The topological polar surface area (TPSA) is 70.9 Å². The number of aryl methyl sites for hydroxylation is 1. The van der Waals surface area contributed by atoms with E-state index in [0.29, 0.717) is 29.3 Å². The molecule has 148 valence electrons. The number of halogens is 2. The Hall–Kier alpha value is -3.12. The predicted molar refractivity (Wildman–Crippen MR) is 110 cm³/mol. The van der Waals surface area contributed by atoms with Gasteiger partial charge in [-0.15, -0.1) is 0 Å². The molecule has 0 spiro atoms. The highest BCUT2D eigenvalue weighted by Crippen LogP contribution is 2.22. The van der Waals surface area contributed by atoms with E-state index in [0.717, 1.165) is 22.0 Å². The standard InChI is InChI=1S/C22H19ClFN3O2/c1-13-2-4-19(24)15(8-13)9-17-11-21(27-29-17)22(28)25-7-6-14-12-26-20-5-3-16(23)10-18(14)20/h2-5,8,10-12,26H,6-7,9H2,1H3,(H,25,28). The van der Waals surface area contributed by atoms with Crippen molar-refractivity contribution in [1.82, 2.24) is 15.5 Å². The quantitative estimate of drug-likeness (QED) is 0.478. The second-order valence-corrected chi connectivity index (χ2v) is 7.40. The minimum Gasteiger partial charge on any atom is -0.361 e. The van der Waals surface area contributed by atoms with Crippen LogP contribution < -0.4 is 5.32 Å². The molecule has 0 aliphatic heterocycles. The number of rotatable bonds is 6. The van der Waals surface area contributed by atoms with Crippen molar-refractivity contribution in [2.45, 2.75) is 19.8 Å². The summed E-state index contributed by atoms with van der Waals surface area (Å²) in [6.45, 7) is 2.33. The van der Waals surface area contributed by atoms with Gasteiger partial charge in [-0.1, -0.05) is 34.5 Å². The van der Waals surface area contributed by atoms with Crippen LogP contribution in [0, 0.1) is 12.7 Å². The molecule has 4 aromatic rings. The highest BCUT2D eigenvalue weighted by Gasteiger charge is 2.14. The number of carbonyl (C=O) groups excluding carboxylic acids is 1. The number of aromatic nitrogens is 2. The third kappa shape index (κ3) is 4.32. The van der Waals surface area contributed by atoms with Crippen LogP contribution in [0.3, 0.4) is 0 Å². The van der Waals surface area contributed by atoms with Gasteiger partial charge < -0.3 is 14.8 Å². The van der Waals surface area contributed by atoms with E-state index < -0.39 is 0 Å². The van der Waals surface area contributed by atoms with Crippen molar-refractivity contribution in [2.75, 3.05) is 6.54 Å². The lowest BCUT2D eigenvalue weighted by Crippen LogP contribution is -2.25. The van der Waals surface area contributed by atoms with E-state index in [9.17, 15) is 9.18 Å². The Bertz CT molecular complexity index is 1180. The van der Waals surface area contributed by atoms with Crippen LogP contribution in [0.25, 0.3) is 10.9 Å². The van der Waals surface area contributed by atoms with Gasteiger partial charge in [-0.05, 0) is 48.7 Å². The predicted octanol–water partition coefficient (Wildman–Crippen LogP) is 4.82. The van der Waals surface area contributed by atoms with Crippen molar-refractivity contribution >= 4 is 28.4 Å². The summed E-state index contributed by atoms with van der Waals surface area (Å²) in [6.07, 6.45) is 2.80. The first-order valence-corrected chi connectivity index (χ1v) is 9.62. The average Bonchev–Trinajstić information content (AvgIpc) is 3.32. The van der Waals surface area contributed by atoms with Crippen molar-refractivity contribution < 1.29 is 13.7 Å². The van der Waals surface area contributed by atoms with Crippen LogP contribution in [0.5, 0.6) is 0 Å². The zero-order valence-electron chi connectivity index (χ0n) is 15.8. The molecule has 0 bridgehead atoms. The molecule has 0 aliphatic rings. The smallest absolute Gasteiger partial charge is 0.273 e. The maximum absolute atomic E-state index is 13.9. The Morgan fingerprint density at radius 1 is 1.21 bits per heavy atom. The lowest BCUT2D eigenvalue weighted by Gasteiger charge is -2.02. The van der Waals surface area contributed by atoms with Crippen LogP contribution in [-0.2, 0) is 12.8 Å². The first-order chi connectivity index (χ1) is 14.0. The highest BCUT2D eigenvalue weighted by atomic mass is 35.5. The molecular formula is C22H19ClFN3O2. The second kappa shape index (κ2) is 8.09. The van der Waals surface area contributed by atoms with Crippen molar-refractivity contribution in [1.29, 1.82) is 0 Å². The fourth-order valence-corrected chi connectivity index (χ4v) is 3.46. The zero-order chi connectivity index (χ0) is 20.4. The van der Waals surface area contributed by atoms with Crippen molar-refractivity contribution in [3.8, 4) is 0 Å². The fraction of sp³-hybridized carbons (Fsp3) is 0.182. The largest absolute Gasteiger partial charge is 0.361 e. The molecule has 0 radical (unpaired) electrons. The number of hydrogen-bond acceptors (Lipinski definition) is 3. The molecule has 29 heavy (non-hydrogen) atoms. The van der Waals surface area contributed by atoms with Gasteiger partial charge >= 0.3 is 0 Å². The van der Waals surface area contributed by atoms with Gasteiger partial charge in [-0.2, -0.15) is 0 Å². The average molecular weight is 412 g/mol. The number of hydrogen-bond donors (Lipinski definition) is 2. The van der Waals surface area contributed by atoms with E-state index in [1.807, 2.05) is 31.3 Å². The molecule has 0 atom stereocenters. The third-order valence-corrected chi connectivity index (χ3v) is 5.00. The van der Waals surface area contributed by atoms with Crippen LogP contribution >= 0.6 is 11.6 Å². The lowest BCUT2D eigenvalue weighted by molar-refractivity contribution is 0.0945. The van der Waals surface area contributed by atoms with Gasteiger partial charge in [-0.25, -0.2) is 4.39 Å². The molecule has 0 aliphatic carbocycles. The molecule has 2 N–H and O–H groups in total. The van der Waals surface area contributed by atoms with E-state index >= 15 is 0 Å². The molecule has 0 unspecified atom stereocenters. The number of H-pyrrole nitrogens is 1. The van der Waals surface area contributed by atoms with Crippen molar-refractivity contribution in [3.63, 3.8) is 0 Å². The summed E-state index contributed by atoms with van der Waals surface area (Å²) in [5.74, 6) is -0.203. The number of nitrogens with zero attached hydrogens (tertiary/aromatic N) is 1. The molecule has 5 nitrogen and oxygen atoms in total. The van der Waals surface area contributed by atoms with Gasteiger partial charge in [0.2, 0.25) is 0 Å². The van der Waals surface area contributed by atoms with E-state index in [1.54, 1.807) is 18.2 Å². The summed E-state index contributed by atoms with van der Waals surface area (Å²) in [5, 5.41) is 8.35. The van der Waals surface area contributed by atoms with Gasteiger partial charge in [0, 0.05) is 41.2 Å². The molecular weight excluding hydrogens is 393 g/mol. The summed E-state index contributed by atoms with van der Waals surface area (Å²) in [5.41, 5.74) is 3.71. The second-order valence-electron chi connectivity index (χ2n) is 6.96. The van der Waals surface area contributed by atoms with Crippen LogP contribution in [0.1, 0.15) is 32.9 Å². The van der Waals surface area contributed by atoms with E-state index in [-0.39, 0.29) is 23.8 Å². The van der Waals surface area contributed by atoms with E-state index in [2.05, 4.69) is 15.5 Å². The van der Waals surface area contributed by atoms with Crippen LogP contribution in [0.15, 0.2) is 53.2 Å². The minimum absolute atomic E-state index is 0.176. The Labute approximate surface area is 171 Å². The number of carbonyl (C=O) groups is 1. The molecule has 4 rings (SSSR count). The number of aromatic amines is 1. The SMILES string of the molecule is Cc1ccc(F)c(Cc2cc(C(=O)NCCc3c[nH]c4ccc(Cl)cc34)no2)c1. The summed E-state index contributed by atoms with van der Waals surface area (Å²) in [7, 11) is 0.